The smallest absolute Gasteiger partial charge is 0.273 e. The summed E-state index contributed by atoms with van der Waals surface area (Å²) in [4.78, 5) is 8.99. The molecule has 0 radical (unpaired) electrons. The van der Waals surface area contributed by atoms with Crippen molar-refractivity contribution in [2.45, 2.75) is 39.2 Å². The molecule has 0 aliphatic heterocycles. The van der Waals surface area contributed by atoms with Crippen LogP contribution in [-0.4, -0.2) is 24.2 Å². The highest BCUT2D eigenvalue weighted by atomic mass is 19.3. The van der Waals surface area contributed by atoms with E-state index in [1.807, 2.05) is 19.1 Å². The zero-order valence-corrected chi connectivity index (χ0v) is 17.2. The highest BCUT2D eigenvalue weighted by Crippen LogP contribution is 2.36. The number of anilines is 1. The zero-order valence-electron chi connectivity index (χ0n) is 17.2. The van der Waals surface area contributed by atoms with Gasteiger partial charge in [0.1, 0.15) is 11.6 Å². The fraction of sp³-hybridized carbons (Fsp3) is 0.364. The third kappa shape index (κ3) is 4.23. The molecule has 1 heterocycles. The minimum absolute atomic E-state index is 0.0151. The molecule has 0 aliphatic carbocycles. The molecular formula is C22H25F2N3O2. The van der Waals surface area contributed by atoms with E-state index in [4.69, 9.17) is 9.47 Å². The first-order valence-corrected chi connectivity index (χ1v) is 9.44. The maximum absolute atomic E-state index is 14.1. The highest BCUT2D eigenvalue weighted by molar-refractivity contribution is 5.92. The van der Waals surface area contributed by atoms with Crippen LogP contribution in [0.4, 0.5) is 14.6 Å². The Balaban J connectivity index is 2.00. The maximum Gasteiger partial charge on any atom is 0.273 e. The average molecular weight is 401 g/mol. The molecule has 0 aliphatic rings. The number of benzene rings is 2. The Morgan fingerprint density at radius 1 is 1.07 bits per heavy atom. The molecule has 0 unspecified atom stereocenters. The molecule has 0 spiro atoms. The van der Waals surface area contributed by atoms with E-state index in [-0.39, 0.29) is 18.0 Å². The van der Waals surface area contributed by atoms with Crippen molar-refractivity contribution in [3.8, 4) is 11.5 Å². The van der Waals surface area contributed by atoms with Gasteiger partial charge in [-0.15, -0.1) is 0 Å². The predicted molar refractivity (Wildman–Crippen MR) is 110 cm³/mol. The van der Waals surface area contributed by atoms with Crippen molar-refractivity contribution in [1.29, 1.82) is 0 Å². The number of nitrogens with zero attached hydrogens (tertiary/aromatic N) is 2. The van der Waals surface area contributed by atoms with Crippen LogP contribution in [0.5, 0.6) is 11.5 Å². The van der Waals surface area contributed by atoms with Gasteiger partial charge in [0.05, 0.1) is 19.7 Å². The molecule has 0 saturated carbocycles. The molecule has 3 aromatic rings. The van der Waals surface area contributed by atoms with Crippen LogP contribution in [-0.2, 0) is 5.92 Å². The van der Waals surface area contributed by atoms with Crippen molar-refractivity contribution >= 4 is 16.7 Å². The Kier molecular flexibility index (Phi) is 5.86. The van der Waals surface area contributed by atoms with Crippen LogP contribution >= 0.6 is 0 Å². The Labute approximate surface area is 169 Å². The van der Waals surface area contributed by atoms with Crippen molar-refractivity contribution in [2.24, 2.45) is 0 Å². The number of aromatic nitrogens is 2. The number of aryl methyl sites for hydroxylation is 1. The van der Waals surface area contributed by atoms with E-state index in [0.29, 0.717) is 28.7 Å². The number of hydrogen-bond donors (Lipinski definition) is 1. The second kappa shape index (κ2) is 8.19. The third-order valence-corrected chi connectivity index (χ3v) is 4.92. The Bertz CT molecular complexity index is 1020. The molecule has 1 N–H and O–H groups in total. The summed E-state index contributed by atoms with van der Waals surface area (Å²) in [6, 6.07) is 9.84. The van der Waals surface area contributed by atoms with Crippen molar-refractivity contribution in [3.63, 3.8) is 0 Å². The van der Waals surface area contributed by atoms with Gasteiger partial charge < -0.3 is 14.8 Å². The second-order valence-corrected chi connectivity index (χ2v) is 6.89. The molecule has 1 atom stereocenters. The maximum atomic E-state index is 14.1. The molecule has 3 rings (SSSR count). The molecule has 154 valence electrons. The topological polar surface area (TPSA) is 56.3 Å². The lowest BCUT2D eigenvalue weighted by atomic mass is 10.00. The van der Waals surface area contributed by atoms with Crippen LogP contribution in [0, 0.1) is 6.92 Å². The Morgan fingerprint density at radius 2 is 1.76 bits per heavy atom. The van der Waals surface area contributed by atoms with E-state index in [1.165, 1.54) is 13.0 Å². The normalized spacial score (nSPS) is 12.7. The van der Waals surface area contributed by atoms with Gasteiger partial charge >= 0.3 is 0 Å². The number of rotatable bonds is 7. The van der Waals surface area contributed by atoms with Gasteiger partial charge in [-0.1, -0.05) is 25.1 Å². The number of ether oxygens (including phenoxy) is 2. The molecule has 0 amide bonds. The van der Waals surface area contributed by atoms with Crippen molar-refractivity contribution in [3.05, 3.63) is 53.3 Å². The van der Waals surface area contributed by atoms with Gasteiger partial charge in [-0.05, 0) is 31.5 Å². The number of alkyl halides is 2. The molecule has 2 aromatic carbocycles. The van der Waals surface area contributed by atoms with Gasteiger partial charge in [0.15, 0.2) is 11.5 Å². The summed E-state index contributed by atoms with van der Waals surface area (Å²) >= 11 is 0. The SMILES string of the molecule is CCC(F)(F)c1cccc([C@@H](C)Nc2nc(C)nc3cc(OC)c(OC)cc23)c1. The summed E-state index contributed by atoms with van der Waals surface area (Å²) in [6.45, 7) is 5.19. The lowest BCUT2D eigenvalue weighted by Gasteiger charge is -2.20. The third-order valence-electron chi connectivity index (χ3n) is 4.92. The van der Waals surface area contributed by atoms with Crippen LogP contribution in [0.1, 0.15) is 43.3 Å². The lowest BCUT2D eigenvalue weighted by molar-refractivity contribution is -0.00836. The van der Waals surface area contributed by atoms with Crippen LogP contribution < -0.4 is 14.8 Å². The van der Waals surface area contributed by atoms with Gasteiger partial charge in [-0.3, -0.25) is 0 Å². The van der Waals surface area contributed by atoms with Crippen molar-refractivity contribution < 1.29 is 18.3 Å². The second-order valence-electron chi connectivity index (χ2n) is 6.89. The number of nitrogens with one attached hydrogen (secondary N) is 1. The molecule has 0 bridgehead atoms. The van der Waals surface area contributed by atoms with E-state index in [9.17, 15) is 8.78 Å². The molecular weight excluding hydrogens is 376 g/mol. The van der Waals surface area contributed by atoms with Crippen LogP contribution in [0.2, 0.25) is 0 Å². The highest BCUT2D eigenvalue weighted by Gasteiger charge is 2.29. The largest absolute Gasteiger partial charge is 0.493 e. The Hall–Kier alpha value is -2.96. The number of hydrogen-bond acceptors (Lipinski definition) is 5. The first-order chi connectivity index (χ1) is 13.8. The van der Waals surface area contributed by atoms with E-state index in [2.05, 4.69) is 15.3 Å². The first kappa shape index (κ1) is 20.8. The molecule has 5 nitrogen and oxygen atoms in total. The predicted octanol–water partition coefficient (Wildman–Crippen LogP) is 5.63. The molecule has 0 fully saturated rings. The fourth-order valence-corrected chi connectivity index (χ4v) is 3.21. The minimum atomic E-state index is -2.85. The quantitative estimate of drug-likeness (QED) is 0.556. The summed E-state index contributed by atoms with van der Waals surface area (Å²) in [6.07, 6.45) is -0.240. The van der Waals surface area contributed by atoms with Crippen molar-refractivity contribution in [2.75, 3.05) is 19.5 Å². The monoisotopic (exact) mass is 401 g/mol. The van der Waals surface area contributed by atoms with E-state index in [0.717, 1.165) is 10.9 Å². The molecule has 1 aromatic heterocycles. The number of methoxy groups -OCH3 is 2. The summed E-state index contributed by atoms with van der Waals surface area (Å²) < 4.78 is 39.0. The first-order valence-electron chi connectivity index (χ1n) is 9.44. The van der Waals surface area contributed by atoms with Gasteiger partial charge in [-0.25, -0.2) is 18.7 Å². The molecule has 29 heavy (non-hydrogen) atoms. The van der Waals surface area contributed by atoms with E-state index in [1.54, 1.807) is 39.3 Å². The van der Waals surface area contributed by atoms with E-state index < -0.39 is 5.92 Å². The number of fused-ring (bicyclic) bond motifs is 1. The summed E-state index contributed by atoms with van der Waals surface area (Å²) in [7, 11) is 3.13. The van der Waals surface area contributed by atoms with Crippen molar-refractivity contribution in [1.82, 2.24) is 9.97 Å². The van der Waals surface area contributed by atoms with Gasteiger partial charge in [-0.2, -0.15) is 0 Å². The van der Waals surface area contributed by atoms with Gasteiger partial charge in [0.2, 0.25) is 0 Å². The van der Waals surface area contributed by atoms with Crippen LogP contribution in [0.3, 0.4) is 0 Å². The lowest BCUT2D eigenvalue weighted by Crippen LogP contribution is -2.14. The summed E-state index contributed by atoms with van der Waals surface area (Å²) in [5, 5.41) is 4.09. The van der Waals surface area contributed by atoms with Crippen LogP contribution in [0.25, 0.3) is 10.9 Å². The van der Waals surface area contributed by atoms with Crippen LogP contribution in [0.15, 0.2) is 36.4 Å². The summed E-state index contributed by atoms with van der Waals surface area (Å²) in [5.41, 5.74) is 1.47. The van der Waals surface area contributed by atoms with Gasteiger partial charge in [0.25, 0.3) is 5.92 Å². The number of halogens is 2. The summed E-state index contributed by atoms with van der Waals surface area (Å²) in [5.74, 6) is -0.517. The molecule has 0 saturated heterocycles. The fourth-order valence-electron chi connectivity index (χ4n) is 3.21. The van der Waals surface area contributed by atoms with Gasteiger partial charge in [0, 0.05) is 29.5 Å². The zero-order chi connectivity index (χ0) is 21.2. The minimum Gasteiger partial charge on any atom is -0.493 e. The molecule has 7 heteroatoms. The van der Waals surface area contributed by atoms with E-state index >= 15 is 0 Å². The Morgan fingerprint density at radius 3 is 2.41 bits per heavy atom. The standard InChI is InChI=1S/C22H25F2N3O2/c1-6-22(23,24)16-9-7-8-15(10-16)13(2)25-21-17-11-19(28-4)20(29-5)12-18(17)26-14(3)27-21/h7-13H,6H2,1-5H3,(H,25,26,27)/t13-/m1/s1. The average Bonchev–Trinajstić information content (AvgIpc) is 2.72.